The van der Waals surface area contributed by atoms with E-state index in [2.05, 4.69) is 50.1 Å². The predicted octanol–water partition coefficient (Wildman–Crippen LogP) is 7.33. The number of fused-ring (bicyclic) bond motifs is 5. The van der Waals surface area contributed by atoms with Crippen LogP contribution in [-0.2, 0) is 14.3 Å². The van der Waals surface area contributed by atoms with Crippen molar-refractivity contribution in [3.63, 3.8) is 0 Å². The molecule has 6 nitrogen and oxygen atoms in total. The number of ether oxygens (including phenoxy) is 3. The van der Waals surface area contributed by atoms with E-state index in [0.29, 0.717) is 49.4 Å². The van der Waals surface area contributed by atoms with Crippen LogP contribution >= 0.6 is 0 Å². The molecule has 4 unspecified atom stereocenters. The first-order chi connectivity index (χ1) is 19.9. The van der Waals surface area contributed by atoms with Crippen molar-refractivity contribution in [1.29, 1.82) is 0 Å². The largest absolute Gasteiger partial charge is 0.493 e. The Morgan fingerprint density at radius 2 is 1.83 bits per heavy atom. The third-order valence-corrected chi connectivity index (χ3v) is 12.1. The molecule has 4 fully saturated rings. The van der Waals surface area contributed by atoms with Gasteiger partial charge in [0.05, 0.1) is 25.5 Å². The average molecular weight is 565 g/mol. The van der Waals surface area contributed by atoms with E-state index in [1.807, 2.05) is 12.3 Å². The fourth-order valence-electron chi connectivity index (χ4n) is 9.70. The summed E-state index contributed by atoms with van der Waals surface area (Å²) in [6, 6.07) is 4.80. The molecule has 6 rings (SSSR count). The number of pyridine rings is 1. The van der Waals surface area contributed by atoms with Gasteiger partial charge in [0.2, 0.25) is 0 Å². The first kappa shape index (κ1) is 29.3. The summed E-state index contributed by atoms with van der Waals surface area (Å²) >= 11 is 0. The van der Waals surface area contributed by atoms with Crippen LogP contribution in [0.15, 0.2) is 30.0 Å². The Hall–Kier alpha value is -1.76. The highest BCUT2D eigenvalue weighted by Crippen LogP contribution is 2.66. The van der Waals surface area contributed by atoms with E-state index in [-0.39, 0.29) is 16.9 Å². The van der Waals surface area contributed by atoms with E-state index < -0.39 is 5.79 Å². The molecule has 1 aliphatic heterocycles. The maximum atomic E-state index is 13.6. The maximum absolute atomic E-state index is 13.6. The molecule has 0 radical (unpaired) electrons. The predicted molar refractivity (Wildman–Crippen MR) is 161 cm³/mol. The summed E-state index contributed by atoms with van der Waals surface area (Å²) in [5.74, 6) is 2.69. The number of hydrogen-bond acceptors (Lipinski definition) is 6. The fourth-order valence-corrected chi connectivity index (χ4v) is 9.70. The van der Waals surface area contributed by atoms with Gasteiger partial charge in [0.25, 0.3) is 0 Å². The highest BCUT2D eigenvalue weighted by atomic mass is 16.7. The van der Waals surface area contributed by atoms with E-state index in [0.717, 1.165) is 82.1 Å². The first-order valence-electron chi connectivity index (χ1n) is 16.7. The Balaban J connectivity index is 1.13. The van der Waals surface area contributed by atoms with Crippen LogP contribution in [0.4, 0.5) is 0 Å². The van der Waals surface area contributed by atoms with Gasteiger partial charge in [0.1, 0.15) is 11.5 Å². The lowest BCUT2D eigenvalue weighted by atomic mass is 9.46. The highest BCUT2D eigenvalue weighted by Gasteiger charge is 2.61. The van der Waals surface area contributed by atoms with Crippen LogP contribution in [0.1, 0.15) is 116 Å². The monoisotopic (exact) mass is 564 g/mol. The van der Waals surface area contributed by atoms with Gasteiger partial charge in [0, 0.05) is 42.6 Å². The van der Waals surface area contributed by atoms with Crippen molar-refractivity contribution in [3.8, 4) is 5.75 Å². The molecule has 3 saturated carbocycles. The summed E-state index contributed by atoms with van der Waals surface area (Å²) < 4.78 is 18.6. The van der Waals surface area contributed by atoms with Gasteiger partial charge in [-0.05, 0) is 99.5 Å². The number of nitrogens with one attached hydrogen (secondary N) is 1. The number of allylic oxidation sites excluding steroid dienone is 1. The number of Topliss-reactive ketones (excluding diaryl/α,β-unsaturated/α-hetero) is 1. The van der Waals surface area contributed by atoms with Gasteiger partial charge in [-0.3, -0.25) is 9.78 Å². The minimum atomic E-state index is -0.464. The zero-order valence-electron chi connectivity index (χ0n) is 25.9. The molecule has 41 heavy (non-hydrogen) atoms. The molecule has 226 valence electrons. The minimum absolute atomic E-state index is 0.203. The molecule has 5 aliphatic rings. The molecule has 1 aromatic heterocycles. The van der Waals surface area contributed by atoms with Crippen molar-refractivity contribution < 1.29 is 19.0 Å². The second-order valence-corrected chi connectivity index (χ2v) is 13.8. The number of hydrogen-bond donors (Lipinski definition) is 1. The first-order valence-corrected chi connectivity index (χ1v) is 16.7. The Kier molecular flexibility index (Phi) is 8.39. The number of rotatable bonds is 10. The normalized spacial score (nSPS) is 34.7. The van der Waals surface area contributed by atoms with Crippen molar-refractivity contribution in [2.75, 3.05) is 19.8 Å². The lowest BCUT2D eigenvalue weighted by Gasteiger charge is -2.58. The number of ketones is 1. The van der Waals surface area contributed by atoms with Gasteiger partial charge >= 0.3 is 0 Å². The second kappa shape index (κ2) is 11.7. The molecule has 1 N–H and O–H groups in total. The lowest BCUT2D eigenvalue weighted by Crippen LogP contribution is -2.53. The van der Waals surface area contributed by atoms with Gasteiger partial charge in [-0.1, -0.05) is 33.3 Å². The van der Waals surface area contributed by atoms with Crippen molar-refractivity contribution in [3.05, 3.63) is 35.7 Å². The molecule has 4 aliphatic carbocycles. The number of carbonyl (C=O) groups is 1. The van der Waals surface area contributed by atoms with Crippen LogP contribution < -0.4 is 10.1 Å². The lowest BCUT2D eigenvalue weighted by molar-refractivity contribution is -0.148. The zero-order valence-corrected chi connectivity index (χ0v) is 25.9. The summed E-state index contributed by atoms with van der Waals surface area (Å²) in [6.07, 6.45) is 16.7. The van der Waals surface area contributed by atoms with Crippen molar-refractivity contribution >= 4 is 5.78 Å². The van der Waals surface area contributed by atoms with E-state index in [4.69, 9.17) is 14.2 Å². The number of nitrogens with zero attached hydrogens (tertiary/aromatic N) is 1. The number of carbonyl (C=O) groups excluding carboxylic acids is 1. The van der Waals surface area contributed by atoms with Crippen LogP contribution in [0.5, 0.6) is 5.75 Å². The third-order valence-electron chi connectivity index (χ3n) is 12.1. The zero-order chi connectivity index (χ0) is 28.7. The summed E-state index contributed by atoms with van der Waals surface area (Å²) in [7, 11) is 0. The summed E-state index contributed by atoms with van der Waals surface area (Å²) in [4.78, 5) is 18.3. The third kappa shape index (κ3) is 5.20. The summed E-state index contributed by atoms with van der Waals surface area (Å²) in [5, 5.41) is 3.77. The van der Waals surface area contributed by atoms with Gasteiger partial charge in [-0.2, -0.15) is 0 Å². The Bertz CT molecular complexity index is 1120. The van der Waals surface area contributed by atoms with Crippen LogP contribution in [0.3, 0.4) is 0 Å². The number of aromatic nitrogens is 1. The quantitative estimate of drug-likeness (QED) is 0.300. The smallest absolute Gasteiger partial charge is 0.188 e. The fraction of sp³-hybridized carbons (Fsp3) is 0.771. The maximum Gasteiger partial charge on any atom is 0.188 e. The SMILES string of the molecule is CCC(CC)NC(CC)c1cc(OCC[C@]23CCC4C(CCC5=CC6(CC[C@@]54C)OCCO6)C2CCC3=O)ccn1. The standard InChI is InChI=1S/C35H52N2O4/c1-5-25(6-2)37-30(7-3)31-22-26(13-18-36-31)39-19-17-34-14-12-28-27(29(34)10-11-32(34)38)9-8-24-23-35(40-20-21-41-35)16-15-33(24,28)4/h13,18,22-23,25,27-30,37H,5-12,14-17,19-21H2,1-4H3/t27?,28?,29?,30?,33-,34+/m0/s1. The van der Waals surface area contributed by atoms with Crippen LogP contribution in [0.25, 0.3) is 0 Å². The minimum Gasteiger partial charge on any atom is -0.493 e. The molecule has 1 saturated heterocycles. The van der Waals surface area contributed by atoms with E-state index in [1.165, 1.54) is 6.42 Å². The molecule has 0 aromatic carbocycles. The topological polar surface area (TPSA) is 69.7 Å². The van der Waals surface area contributed by atoms with Crippen molar-refractivity contribution in [2.24, 2.45) is 28.6 Å². The summed E-state index contributed by atoms with van der Waals surface area (Å²) in [6.45, 7) is 11.2. The molecule has 1 aromatic rings. The molecule has 0 amide bonds. The van der Waals surface area contributed by atoms with E-state index >= 15 is 0 Å². The van der Waals surface area contributed by atoms with E-state index in [1.54, 1.807) is 5.57 Å². The molecule has 1 spiro atoms. The molecular weight excluding hydrogens is 512 g/mol. The molecule has 0 bridgehead atoms. The molecular formula is C35H52N2O4. The van der Waals surface area contributed by atoms with Gasteiger partial charge in [-0.15, -0.1) is 0 Å². The second-order valence-electron chi connectivity index (χ2n) is 13.8. The van der Waals surface area contributed by atoms with Crippen LogP contribution in [0, 0.1) is 28.6 Å². The van der Waals surface area contributed by atoms with Crippen molar-refractivity contribution in [2.45, 2.75) is 123 Å². The summed E-state index contributed by atoms with van der Waals surface area (Å²) in [5.41, 5.74) is 2.62. The Morgan fingerprint density at radius 1 is 1.02 bits per heavy atom. The average Bonchev–Trinajstić information content (AvgIpc) is 3.59. The highest BCUT2D eigenvalue weighted by molar-refractivity contribution is 5.87. The van der Waals surface area contributed by atoms with E-state index in [9.17, 15) is 4.79 Å². The van der Waals surface area contributed by atoms with Crippen molar-refractivity contribution in [1.82, 2.24) is 10.3 Å². The molecule has 6 heteroatoms. The Labute approximate surface area is 247 Å². The Morgan fingerprint density at radius 3 is 2.59 bits per heavy atom. The molecule has 2 heterocycles. The molecule has 6 atom stereocenters. The van der Waals surface area contributed by atoms with Gasteiger partial charge in [0.15, 0.2) is 5.79 Å². The van der Waals surface area contributed by atoms with Crippen LogP contribution in [0.2, 0.25) is 0 Å². The van der Waals surface area contributed by atoms with Gasteiger partial charge in [-0.25, -0.2) is 0 Å². The van der Waals surface area contributed by atoms with Gasteiger partial charge < -0.3 is 19.5 Å². The van der Waals surface area contributed by atoms with Crippen LogP contribution in [-0.4, -0.2) is 42.4 Å².